The zero-order valence-electron chi connectivity index (χ0n) is 15.7. The molecule has 142 valence electrons. The Kier molecular flexibility index (Phi) is 6.31. The average Bonchev–Trinajstić information content (AvgIpc) is 2.74. The van der Waals surface area contributed by atoms with Gasteiger partial charge < -0.3 is 19.5 Å². The van der Waals surface area contributed by atoms with E-state index in [1.54, 1.807) is 56.7 Å². The number of hydrogen-bond acceptors (Lipinski definition) is 4. The maximum atomic E-state index is 12.2. The van der Waals surface area contributed by atoms with Gasteiger partial charge in [0.25, 0.3) is 0 Å². The number of anilines is 1. The fraction of sp³-hybridized carbons (Fsp3) is 0.0870. The van der Waals surface area contributed by atoms with Gasteiger partial charge in [0.2, 0.25) is 5.91 Å². The van der Waals surface area contributed by atoms with Gasteiger partial charge in [-0.25, -0.2) is 0 Å². The molecule has 28 heavy (non-hydrogen) atoms. The molecule has 0 atom stereocenters. The van der Waals surface area contributed by atoms with Crippen LogP contribution in [0.3, 0.4) is 0 Å². The summed E-state index contributed by atoms with van der Waals surface area (Å²) >= 11 is 0. The lowest BCUT2D eigenvalue weighted by atomic mass is 10.2. The van der Waals surface area contributed by atoms with Crippen molar-refractivity contribution in [2.75, 3.05) is 19.5 Å². The van der Waals surface area contributed by atoms with Crippen molar-refractivity contribution >= 4 is 17.7 Å². The number of carbonyl (C=O) groups is 1. The summed E-state index contributed by atoms with van der Waals surface area (Å²) in [6, 6.07) is 22.2. The first-order valence-corrected chi connectivity index (χ1v) is 8.72. The van der Waals surface area contributed by atoms with E-state index < -0.39 is 0 Å². The molecule has 0 aliphatic carbocycles. The van der Waals surface area contributed by atoms with E-state index in [9.17, 15) is 4.79 Å². The molecule has 0 saturated heterocycles. The number of ether oxygens (including phenoxy) is 3. The number of para-hydroxylation sites is 1. The third kappa shape index (κ3) is 5.14. The van der Waals surface area contributed by atoms with Gasteiger partial charge in [-0.3, -0.25) is 4.79 Å². The van der Waals surface area contributed by atoms with Crippen molar-refractivity contribution in [2.24, 2.45) is 0 Å². The molecule has 0 aliphatic heterocycles. The van der Waals surface area contributed by atoms with E-state index in [1.165, 1.54) is 6.08 Å². The zero-order valence-corrected chi connectivity index (χ0v) is 15.7. The number of nitrogens with one attached hydrogen (secondary N) is 1. The molecule has 0 heterocycles. The van der Waals surface area contributed by atoms with Crippen LogP contribution in [0.25, 0.3) is 6.08 Å². The Labute approximate surface area is 164 Å². The summed E-state index contributed by atoms with van der Waals surface area (Å²) in [5.41, 5.74) is 1.52. The SMILES string of the molecule is COc1ccc(/C=C/C(=O)Nc2ccc(Oc3ccccc3)cc2)cc1OC. The summed E-state index contributed by atoms with van der Waals surface area (Å²) in [4.78, 5) is 12.2. The molecule has 0 saturated carbocycles. The van der Waals surface area contributed by atoms with Crippen LogP contribution >= 0.6 is 0 Å². The summed E-state index contributed by atoms with van der Waals surface area (Å²) in [5, 5.41) is 2.82. The van der Waals surface area contributed by atoms with Crippen molar-refractivity contribution < 1.29 is 19.0 Å². The first kappa shape index (κ1) is 19.0. The van der Waals surface area contributed by atoms with Crippen LogP contribution in [-0.2, 0) is 4.79 Å². The van der Waals surface area contributed by atoms with Crippen LogP contribution in [-0.4, -0.2) is 20.1 Å². The van der Waals surface area contributed by atoms with Crippen molar-refractivity contribution in [1.82, 2.24) is 0 Å². The highest BCUT2D eigenvalue weighted by atomic mass is 16.5. The average molecular weight is 375 g/mol. The molecule has 0 radical (unpaired) electrons. The molecule has 3 aromatic carbocycles. The van der Waals surface area contributed by atoms with E-state index in [4.69, 9.17) is 14.2 Å². The van der Waals surface area contributed by atoms with Gasteiger partial charge in [-0.2, -0.15) is 0 Å². The fourth-order valence-electron chi connectivity index (χ4n) is 2.54. The van der Waals surface area contributed by atoms with Crippen LogP contribution in [0.4, 0.5) is 5.69 Å². The minimum absolute atomic E-state index is 0.230. The van der Waals surface area contributed by atoms with Gasteiger partial charge in [0.1, 0.15) is 11.5 Å². The van der Waals surface area contributed by atoms with Gasteiger partial charge >= 0.3 is 0 Å². The standard InChI is InChI=1S/C23H21NO4/c1-26-21-14-8-17(16-22(21)27-2)9-15-23(25)24-18-10-12-20(13-11-18)28-19-6-4-3-5-7-19/h3-16H,1-2H3,(H,24,25)/b15-9+. The highest BCUT2D eigenvalue weighted by molar-refractivity contribution is 6.02. The van der Waals surface area contributed by atoms with Gasteiger partial charge in [-0.15, -0.1) is 0 Å². The number of methoxy groups -OCH3 is 2. The minimum atomic E-state index is -0.230. The van der Waals surface area contributed by atoms with E-state index in [-0.39, 0.29) is 5.91 Å². The smallest absolute Gasteiger partial charge is 0.248 e. The molecule has 0 aliphatic rings. The fourth-order valence-corrected chi connectivity index (χ4v) is 2.54. The minimum Gasteiger partial charge on any atom is -0.493 e. The van der Waals surface area contributed by atoms with Gasteiger partial charge in [0.05, 0.1) is 14.2 Å². The van der Waals surface area contributed by atoms with Gasteiger partial charge in [0.15, 0.2) is 11.5 Å². The first-order chi connectivity index (χ1) is 13.7. The predicted octanol–water partition coefficient (Wildman–Crippen LogP) is 5.15. The van der Waals surface area contributed by atoms with Gasteiger partial charge in [0, 0.05) is 11.8 Å². The Hall–Kier alpha value is -3.73. The second-order valence-electron chi connectivity index (χ2n) is 5.88. The Balaban J connectivity index is 1.59. The molecule has 1 amide bonds. The van der Waals surface area contributed by atoms with Crippen LogP contribution in [0.1, 0.15) is 5.56 Å². The van der Waals surface area contributed by atoms with Crippen LogP contribution < -0.4 is 19.5 Å². The van der Waals surface area contributed by atoms with Crippen LogP contribution in [0.5, 0.6) is 23.0 Å². The molecule has 3 aromatic rings. The topological polar surface area (TPSA) is 56.8 Å². The molecule has 3 rings (SSSR count). The van der Waals surface area contributed by atoms with Crippen LogP contribution in [0.15, 0.2) is 78.9 Å². The number of carbonyl (C=O) groups excluding carboxylic acids is 1. The Bertz CT molecular complexity index is 950. The van der Waals surface area contributed by atoms with Crippen LogP contribution in [0, 0.1) is 0 Å². The normalized spacial score (nSPS) is 10.5. The molecule has 5 heteroatoms. The lowest BCUT2D eigenvalue weighted by Crippen LogP contribution is -2.07. The Morgan fingerprint density at radius 1 is 0.821 bits per heavy atom. The maximum absolute atomic E-state index is 12.2. The van der Waals surface area contributed by atoms with E-state index in [0.29, 0.717) is 22.9 Å². The molecule has 1 N–H and O–H groups in total. The largest absolute Gasteiger partial charge is 0.493 e. The molecule has 0 spiro atoms. The van der Waals surface area contributed by atoms with Gasteiger partial charge in [-0.1, -0.05) is 24.3 Å². The van der Waals surface area contributed by atoms with Gasteiger partial charge in [-0.05, 0) is 60.2 Å². The Morgan fingerprint density at radius 3 is 2.18 bits per heavy atom. The molecule has 5 nitrogen and oxygen atoms in total. The van der Waals surface area contributed by atoms with Crippen molar-refractivity contribution in [3.8, 4) is 23.0 Å². The second kappa shape index (κ2) is 9.28. The molecular weight excluding hydrogens is 354 g/mol. The molecule has 0 bridgehead atoms. The lowest BCUT2D eigenvalue weighted by molar-refractivity contribution is -0.111. The van der Waals surface area contributed by atoms with E-state index in [0.717, 1.165) is 11.3 Å². The van der Waals surface area contributed by atoms with Crippen molar-refractivity contribution in [3.63, 3.8) is 0 Å². The third-order valence-electron chi connectivity index (χ3n) is 3.94. The van der Waals surface area contributed by atoms with Crippen molar-refractivity contribution in [2.45, 2.75) is 0 Å². The number of benzene rings is 3. The van der Waals surface area contributed by atoms with Crippen molar-refractivity contribution in [1.29, 1.82) is 0 Å². The first-order valence-electron chi connectivity index (χ1n) is 8.72. The number of amides is 1. The predicted molar refractivity (Wildman–Crippen MR) is 110 cm³/mol. The van der Waals surface area contributed by atoms with E-state index >= 15 is 0 Å². The second-order valence-corrected chi connectivity index (χ2v) is 5.88. The number of hydrogen-bond donors (Lipinski definition) is 1. The zero-order chi connectivity index (χ0) is 19.8. The molecule has 0 aromatic heterocycles. The summed E-state index contributed by atoms with van der Waals surface area (Å²) in [6.07, 6.45) is 3.18. The van der Waals surface area contributed by atoms with Crippen LogP contribution in [0.2, 0.25) is 0 Å². The Morgan fingerprint density at radius 2 is 1.50 bits per heavy atom. The summed E-state index contributed by atoms with van der Waals surface area (Å²) < 4.78 is 16.2. The summed E-state index contributed by atoms with van der Waals surface area (Å²) in [6.45, 7) is 0. The molecule has 0 unspecified atom stereocenters. The quantitative estimate of drug-likeness (QED) is 0.581. The number of rotatable bonds is 7. The van der Waals surface area contributed by atoms with Crippen molar-refractivity contribution in [3.05, 3.63) is 84.4 Å². The maximum Gasteiger partial charge on any atom is 0.248 e. The highest BCUT2D eigenvalue weighted by Crippen LogP contribution is 2.28. The summed E-state index contributed by atoms with van der Waals surface area (Å²) in [7, 11) is 3.15. The van der Waals surface area contributed by atoms with E-state index in [1.807, 2.05) is 36.4 Å². The monoisotopic (exact) mass is 375 g/mol. The summed E-state index contributed by atoms with van der Waals surface area (Å²) in [5.74, 6) is 2.48. The molecule has 0 fully saturated rings. The third-order valence-corrected chi connectivity index (χ3v) is 3.94. The lowest BCUT2D eigenvalue weighted by Gasteiger charge is -2.08. The van der Waals surface area contributed by atoms with E-state index in [2.05, 4.69) is 5.32 Å². The highest BCUT2D eigenvalue weighted by Gasteiger charge is 2.04. The molecular formula is C23H21NO4.